The zero-order chi connectivity index (χ0) is 48.7. The first kappa shape index (κ1) is 53.2. The van der Waals surface area contributed by atoms with E-state index >= 15 is 0 Å². The van der Waals surface area contributed by atoms with Crippen LogP contribution in [0.5, 0.6) is 11.5 Å². The highest BCUT2D eigenvalue weighted by molar-refractivity contribution is 9.11. The number of fused-ring (bicyclic) bond motifs is 2. The average molecular weight is 1100 g/mol. The Morgan fingerprint density at radius 2 is 0.899 bits per heavy atom. The summed E-state index contributed by atoms with van der Waals surface area (Å²) in [6.07, 6.45) is 24.6. The lowest BCUT2D eigenvalue weighted by Crippen LogP contribution is -2.03. The number of thiophene rings is 2. The number of aryl methyl sites for hydroxylation is 1. The van der Waals surface area contributed by atoms with Crippen LogP contribution in [0.2, 0.25) is 0 Å². The van der Waals surface area contributed by atoms with Gasteiger partial charge in [-0.25, -0.2) is 9.97 Å². The number of benzene rings is 3. The summed E-state index contributed by atoms with van der Waals surface area (Å²) in [5.41, 5.74) is 11.7. The summed E-state index contributed by atoms with van der Waals surface area (Å²) in [7, 11) is 3.41. The van der Waals surface area contributed by atoms with Crippen molar-refractivity contribution in [2.45, 2.75) is 170 Å². The van der Waals surface area contributed by atoms with E-state index in [4.69, 9.17) is 29.6 Å². The van der Waals surface area contributed by atoms with Gasteiger partial charge in [0, 0.05) is 32.0 Å². The van der Waals surface area contributed by atoms with Gasteiger partial charge in [0.1, 0.15) is 33.6 Å². The Morgan fingerprint density at radius 1 is 0.507 bits per heavy atom. The van der Waals surface area contributed by atoms with Crippen LogP contribution in [0, 0.1) is 11.8 Å². The molecule has 0 aliphatic carbocycles. The van der Waals surface area contributed by atoms with E-state index in [9.17, 15) is 0 Å². The fourth-order valence-electron chi connectivity index (χ4n) is 9.75. The lowest BCUT2D eigenvalue weighted by Gasteiger charge is -2.16. The molecule has 0 saturated carbocycles. The third kappa shape index (κ3) is 13.5. The van der Waals surface area contributed by atoms with Gasteiger partial charge in [0.05, 0.1) is 39.7 Å². The monoisotopic (exact) mass is 1100 g/mol. The molecule has 0 saturated heterocycles. The molecule has 0 radical (unpaired) electrons. The van der Waals surface area contributed by atoms with Crippen LogP contribution in [0.3, 0.4) is 0 Å². The fraction of sp³-hybridized carbons (Fsp3) is 0.517. The van der Waals surface area contributed by atoms with Crippen molar-refractivity contribution in [2.24, 2.45) is 11.8 Å². The third-order valence-electron chi connectivity index (χ3n) is 14.0. The minimum Gasteiger partial charge on any atom is -0.497 e. The van der Waals surface area contributed by atoms with E-state index in [1.165, 1.54) is 115 Å². The van der Waals surface area contributed by atoms with Crippen molar-refractivity contribution in [3.8, 4) is 54.9 Å². The van der Waals surface area contributed by atoms with E-state index in [1.807, 2.05) is 29.1 Å². The number of nitrogens with zero attached hydrogens (tertiary/aromatic N) is 5. The standard InChI is InChI=1S/C58H75Br2N5O2S2/c1-8-13-16-17-18-19-20-21-22-23-34-65-63-55-49(47-37-43(57(59)68-47)35-39(11-4)24-14-9-2)53-54(50(56(55)64-65)48-38-44(58(60)69-48)36-40(12-5)25-15-10-3)62-52(42-28-32-46(67-7)33-29-42)51(61-53)41-26-30-45(66-6)31-27-41/h26-33,37-40H,8-25,34-36H2,1-7H3. The van der Waals surface area contributed by atoms with Crippen LogP contribution in [0.25, 0.3) is 65.5 Å². The lowest BCUT2D eigenvalue weighted by molar-refractivity contribution is 0.414. The molecule has 0 fully saturated rings. The van der Waals surface area contributed by atoms with E-state index in [1.54, 1.807) is 36.9 Å². The quantitative estimate of drug-likeness (QED) is 0.0435. The van der Waals surface area contributed by atoms with E-state index < -0.39 is 0 Å². The molecule has 0 aliphatic heterocycles. The zero-order valence-electron chi connectivity index (χ0n) is 42.4. The van der Waals surface area contributed by atoms with Crippen LogP contribution in [-0.4, -0.2) is 39.2 Å². The molecule has 7 rings (SSSR count). The Hall–Kier alpha value is -3.64. The van der Waals surface area contributed by atoms with Crippen LogP contribution in [0.4, 0.5) is 0 Å². The maximum atomic E-state index is 5.82. The second kappa shape index (κ2) is 26.7. The van der Waals surface area contributed by atoms with Gasteiger partial charge in [-0.15, -0.1) is 22.7 Å². The number of unbranched alkanes of at least 4 members (excludes halogenated alkanes) is 11. The molecule has 7 nitrogen and oxygen atoms in total. The Balaban J connectivity index is 1.46. The second-order valence-electron chi connectivity index (χ2n) is 19.1. The van der Waals surface area contributed by atoms with Crippen molar-refractivity contribution in [1.29, 1.82) is 0 Å². The first-order valence-electron chi connectivity index (χ1n) is 26.2. The van der Waals surface area contributed by atoms with Crippen LogP contribution >= 0.6 is 54.5 Å². The fourth-order valence-corrected chi connectivity index (χ4v) is 13.3. The first-order chi connectivity index (χ1) is 33.7. The smallest absolute Gasteiger partial charge is 0.124 e. The molecule has 7 aromatic rings. The van der Waals surface area contributed by atoms with Gasteiger partial charge in [-0.05, 0) is 135 Å². The maximum absolute atomic E-state index is 5.82. The summed E-state index contributed by atoms with van der Waals surface area (Å²) in [5, 5.41) is 11.0. The minimum absolute atomic E-state index is 0.624. The van der Waals surface area contributed by atoms with Gasteiger partial charge >= 0.3 is 0 Å². The van der Waals surface area contributed by atoms with E-state index in [0.29, 0.717) is 11.8 Å². The molecule has 3 aromatic carbocycles. The molecule has 69 heavy (non-hydrogen) atoms. The minimum atomic E-state index is 0.624. The molecule has 2 atom stereocenters. The molecule has 4 aromatic heterocycles. The Morgan fingerprint density at radius 3 is 1.28 bits per heavy atom. The van der Waals surface area contributed by atoms with Crippen molar-refractivity contribution in [3.63, 3.8) is 0 Å². The highest BCUT2D eigenvalue weighted by atomic mass is 79.9. The molecule has 0 aliphatic rings. The van der Waals surface area contributed by atoms with Gasteiger partial charge in [0.15, 0.2) is 0 Å². The number of aromatic nitrogens is 5. The van der Waals surface area contributed by atoms with Crippen molar-refractivity contribution in [1.82, 2.24) is 25.0 Å². The van der Waals surface area contributed by atoms with Gasteiger partial charge in [-0.2, -0.15) is 15.0 Å². The third-order valence-corrected chi connectivity index (χ3v) is 18.0. The van der Waals surface area contributed by atoms with E-state index in [2.05, 4.69) is 103 Å². The van der Waals surface area contributed by atoms with Gasteiger partial charge in [-0.1, -0.05) is 144 Å². The summed E-state index contributed by atoms with van der Waals surface area (Å²) in [6.45, 7) is 12.3. The van der Waals surface area contributed by atoms with Crippen molar-refractivity contribution >= 4 is 76.6 Å². The molecule has 370 valence electrons. The normalized spacial score (nSPS) is 12.7. The predicted molar refractivity (Wildman–Crippen MR) is 302 cm³/mol. The van der Waals surface area contributed by atoms with Gasteiger partial charge in [0.2, 0.25) is 0 Å². The number of hydrogen-bond acceptors (Lipinski definition) is 8. The maximum Gasteiger partial charge on any atom is 0.124 e. The average Bonchev–Trinajstić information content (AvgIpc) is 4.08. The predicted octanol–water partition coefficient (Wildman–Crippen LogP) is 19.1. The van der Waals surface area contributed by atoms with Gasteiger partial charge in [-0.3, -0.25) is 0 Å². The summed E-state index contributed by atoms with van der Waals surface area (Å²) in [4.78, 5) is 15.9. The molecular weight excluding hydrogens is 1020 g/mol. The van der Waals surface area contributed by atoms with Crippen LogP contribution in [0.1, 0.15) is 161 Å². The van der Waals surface area contributed by atoms with Crippen LogP contribution < -0.4 is 9.47 Å². The van der Waals surface area contributed by atoms with E-state index in [0.717, 1.165) is 116 Å². The van der Waals surface area contributed by atoms with Crippen LogP contribution in [-0.2, 0) is 19.4 Å². The number of hydrogen-bond donors (Lipinski definition) is 0. The van der Waals surface area contributed by atoms with Gasteiger partial charge in [0.25, 0.3) is 0 Å². The number of methoxy groups -OCH3 is 2. The molecule has 2 unspecified atom stereocenters. The highest BCUT2D eigenvalue weighted by Crippen LogP contribution is 2.49. The second-order valence-corrected chi connectivity index (χ2v) is 23.8. The topological polar surface area (TPSA) is 75.0 Å². The summed E-state index contributed by atoms with van der Waals surface area (Å²) >= 11 is 11.8. The number of halogens is 2. The number of rotatable bonds is 29. The molecule has 0 amide bonds. The Kier molecular flexibility index (Phi) is 20.6. The Bertz CT molecular complexity index is 2520. The summed E-state index contributed by atoms with van der Waals surface area (Å²) in [5.74, 6) is 2.83. The molecule has 0 N–H and O–H groups in total. The molecule has 4 heterocycles. The molecule has 0 bridgehead atoms. The van der Waals surface area contributed by atoms with Crippen molar-refractivity contribution in [2.75, 3.05) is 14.2 Å². The van der Waals surface area contributed by atoms with Crippen molar-refractivity contribution < 1.29 is 9.47 Å². The molecular formula is C58H75Br2N5O2S2. The molecule has 11 heteroatoms. The SMILES string of the molecule is CCCCCCCCCCCCn1nc2c(-c3cc(CC(CC)CCCC)c(Br)s3)c3nc(-c4ccc(OC)cc4)c(-c4ccc(OC)cc4)nc3c(-c3cc(CC(CC)CCCC)c(Br)s3)c2n1. The highest BCUT2D eigenvalue weighted by Gasteiger charge is 2.29. The zero-order valence-corrected chi connectivity index (χ0v) is 47.2. The molecule has 0 spiro atoms. The van der Waals surface area contributed by atoms with E-state index in [-0.39, 0.29) is 0 Å². The van der Waals surface area contributed by atoms with Gasteiger partial charge < -0.3 is 9.47 Å². The largest absolute Gasteiger partial charge is 0.497 e. The van der Waals surface area contributed by atoms with Crippen molar-refractivity contribution in [3.05, 3.63) is 79.4 Å². The lowest BCUT2D eigenvalue weighted by atomic mass is 9.92. The number of ether oxygens (including phenoxy) is 2. The first-order valence-corrected chi connectivity index (χ1v) is 29.4. The summed E-state index contributed by atoms with van der Waals surface area (Å²) in [6, 6.07) is 21.2. The Labute approximate surface area is 437 Å². The summed E-state index contributed by atoms with van der Waals surface area (Å²) < 4.78 is 13.6. The van der Waals surface area contributed by atoms with Crippen LogP contribution in [0.15, 0.2) is 68.2 Å².